The van der Waals surface area contributed by atoms with Gasteiger partial charge in [-0.15, -0.1) is 0 Å². The lowest BCUT2D eigenvalue weighted by molar-refractivity contribution is -0.131. The van der Waals surface area contributed by atoms with Gasteiger partial charge in [0.2, 0.25) is 17.6 Å². The molecule has 162 valence electrons. The Morgan fingerprint density at radius 1 is 1.13 bits per heavy atom. The van der Waals surface area contributed by atoms with Crippen molar-refractivity contribution in [3.8, 4) is 11.4 Å². The highest BCUT2D eigenvalue weighted by Gasteiger charge is 2.19. The molecular formula is C23H26FN5O2. The van der Waals surface area contributed by atoms with E-state index in [4.69, 9.17) is 4.52 Å². The predicted molar refractivity (Wildman–Crippen MR) is 113 cm³/mol. The number of amides is 1. The van der Waals surface area contributed by atoms with E-state index in [1.54, 1.807) is 24.5 Å². The van der Waals surface area contributed by atoms with Crippen LogP contribution in [0.3, 0.4) is 0 Å². The minimum Gasteiger partial charge on any atom is -0.341 e. The first-order valence-electron chi connectivity index (χ1n) is 10.6. The van der Waals surface area contributed by atoms with Crippen molar-refractivity contribution in [2.45, 2.75) is 32.2 Å². The highest BCUT2D eigenvalue weighted by Crippen LogP contribution is 2.16. The van der Waals surface area contributed by atoms with E-state index in [0.29, 0.717) is 44.1 Å². The van der Waals surface area contributed by atoms with Gasteiger partial charge in [0.05, 0.1) is 0 Å². The van der Waals surface area contributed by atoms with Gasteiger partial charge in [-0.3, -0.25) is 14.7 Å². The Bertz CT molecular complexity index is 994. The molecule has 0 bridgehead atoms. The highest BCUT2D eigenvalue weighted by atomic mass is 19.1. The second-order valence-corrected chi connectivity index (χ2v) is 7.75. The molecule has 0 radical (unpaired) electrons. The third kappa shape index (κ3) is 5.95. The lowest BCUT2D eigenvalue weighted by atomic mass is 10.2. The van der Waals surface area contributed by atoms with Gasteiger partial charge in [0.25, 0.3) is 0 Å². The number of aromatic nitrogens is 3. The smallest absolute Gasteiger partial charge is 0.226 e. The third-order valence-electron chi connectivity index (χ3n) is 5.41. The van der Waals surface area contributed by atoms with Crippen LogP contribution in [0.4, 0.5) is 4.39 Å². The molecular weight excluding hydrogens is 397 g/mol. The number of carbonyl (C=O) groups is 1. The monoisotopic (exact) mass is 423 g/mol. The zero-order chi connectivity index (χ0) is 21.5. The standard InChI is InChI=1S/C23H26FN5O2/c24-20-7-1-5-18(15-20)17-28-11-4-12-29(14-13-28)22(30)9-2-8-21-26-23(27-31-21)19-6-3-10-25-16-19/h1,3,5-7,10,15-16H,2,4,8-9,11-14,17H2. The van der Waals surface area contributed by atoms with E-state index < -0.39 is 0 Å². The summed E-state index contributed by atoms with van der Waals surface area (Å²) in [6, 6.07) is 10.4. The van der Waals surface area contributed by atoms with E-state index in [0.717, 1.165) is 37.2 Å². The summed E-state index contributed by atoms with van der Waals surface area (Å²) in [6.45, 7) is 3.85. The number of nitrogens with zero attached hydrogens (tertiary/aromatic N) is 5. The fraction of sp³-hybridized carbons (Fsp3) is 0.391. The van der Waals surface area contributed by atoms with E-state index in [2.05, 4.69) is 20.0 Å². The molecule has 8 heteroatoms. The Morgan fingerprint density at radius 2 is 2.06 bits per heavy atom. The Balaban J connectivity index is 1.22. The van der Waals surface area contributed by atoms with E-state index >= 15 is 0 Å². The van der Waals surface area contributed by atoms with Gasteiger partial charge in [0.1, 0.15) is 5.82 Å². The Labute approximate surface area is 180 Å². The molecule has 0 unspecified atom stereocenters. The number of benzene rings is 1. The first-order chi connectivity index (χ1) is 15.2. The largest absolute Gasteiger partial charge is 0.341 e. The Morgan fingerprint density at radius 3 is 2.90 bits per heavy atom. The first kappa shape index (κ1) is 21.1. The van der Waals surface area contributed by atoms with Gasteiger partial charge in [-0.1, -0.05) is 17.3 Å². The molecule has 3 aromatic rings. The summed E-state index contributed by atoms with van der Waals surface area (Å²) in [4.78, 5) is 25.3. The normalized spacial score (nSPS) is 15.1. The molecule has 0 spiro atoms. The molecule has 31 heavy (non-hydrogen) atoms. The van der Waals surface area contributed by atoms with Crippen LogP contribution < -0.4 is 0 Å². The number of rotatable bonds is 7. The van der Waals surface area contributed by atoms with Gasteiger partial charge in [0, 0.05) is 63.5 Å². The molecule has 0 N–H and O–H groups in total. The summed E-state index contributed by atoms with van der Waals surface area (Å²) in [6.07, 6.45) is 5.98. The maximum atomic E-state index is 13.4. The molecule has 3 heterocycles. The quantitative estimate of drug-likeness (QED) is 0.580. The van der Waals surface area contributed by atoms with E-state index in [-0.39, 0.29) is 11.7 Å². The molecule has 2 aromatic heterocycles. The van der Waals surface area contributed by atoms with Gasteiger partial charge in [-0.2, -0.15) is 4.98 Å². The molecule has 1 saturated heterocycles. The van der Waals surface area contributed by atoms with Crippen LogP contribution in [0, 0.1) is 5.82 Å². The number of hydrogen-bond acceptors (Lipinski definition) is 6. The average Bonchev–Trinajstić information content (AvgIpc) is 3.13. The second-order valence-electron chi connectivity index (χ2n) is 7.75. The van der Waals surface area contributed by atoms with E-state index in [9.17, 15) is 9.18 Å². The van der Waals surface area contributed by atoms with Crippen LogP contribution in [-0.4, -0.2) is 57.0 Å². The van der Waals surface area contributed by atoms with Crippen molar-refractivity contribution >= 4 is 5.91 Å². The van der Waals surface area contributed by atoms with Crippen molar-refractivity contribution in [2.75, 3.05) is 26.2 Å². The molecule has 1 amide bonds. The summed E-state index contributed by atoms with van der Waals surface area (Å²) in [7, 11) is 0. The number of aryl methyl sites for hydroxylation is 1. The fourth-order valence-electron chi connectivity index (χ4n) is 3.79. The molecule has 7 nitrogen and oxygen atoms in total. The number of hydrogen-bond donors (Lipinski definition) is 0. The van der Waals surface area contributed by atoms with Crippen LogP contribution in [0.15, 0.2) is 53.3 Å². The Kier molecular flexibility index (Phi) is 6.99. The van der Waals surface area contributed by atoms with Crippen LogP contribution in [0.5, 0.6) is 0 Å². The summed E-state index contributed by atoms with van der Waals surface area (Å²) in [5.74, 6) is 0.988. The van der Waals surface area contributed by atoms with Crippen molar-refractivity contribution in [1.29, 1.82) is 0 Å². The van der Waals surface area contributed by atoms with Crippen LogP contribution in [0.2, 0.25) is 0 Å². The number of pyridine rings is 1. The molecule has 1 aliphatic heterocycles. The van der Waals surface area contributed by atoms with Crippen molar-refractivity contribution in [1.82, 2.24) is 24.9 Å². The summed E-state index contributed by atoms with van der Waals surface area (Å²) in [5, 5.41) is 3.98. The minimum absolute atomic E-state index is 0.152. The van der Waals surface area contributed by atoms with Crippen molar-refractivity contribution < 1.29 is 13.7 Å². The number of carbonyl (C=O) groups excluding carboxylic acids is 1. The van der Waals surface area contributed by atoms with E-state index in [1.165, 1.54) is 6.07 Å². The molecule has 0 aliphatic carbocycles. The lowest BCUT2D eigenvalue weighted by Crippen LogP contribution is -2.35. The van der Waals surface area contributed by atoms with Crippen LogP contribution in [0.25, 0.3) is 11.4 Å². The third-order valence-corrected chi connectivity index (χ3v) is 5.41. The molecule has 1 fully saturated rings. The zero-order valence-electron chi connectivity index (χ0n) is 17.4. The second kappa shape index (κ2) is 10.3. The van der Waals surface area contributed by atoms with Gasteiger partial charge in [-0.05, 0) is 42.7 Å². The van der Waals surface area contributed by atoms with Crippen LogP contribution in [0.1, 0.15) is 30.7 Å². The number of halogens is 1. The summed E-state index contributed by atoms with van der Waals surface area (Å²) >= 11 is 0. The average molecular weight is 423 g/mol. The maximum Gasteiger partial charge on any atom is 0.226 e. The fourth-order valence-corrected chi connectivity index (χ4v) is 3.79. The molecule has 1 aliphatic rings. The van der Waals surface area contributed by atoms with Crippen molar-refractivity contribution in [3.63, 3.8) is 0 Å². The van der Waals surface area contributed by atoms with Gasteiger partial charge in [-0.25, -0.2) is 4.39 Å². The molecule has 0 atom stereocenters. The predicted octanol–water partition coefficient (Wildman–Crippen LogP) is 3.33. The molecule has 1 aromatic carbocycles. The van der Waals surface area contributed by atoms with Crippen molar-refractivity contribution in [3.05, 3.63) is 66.1 Å². The highest BCUT2D eigenvalue weighted by molar-refractivity contribution is 5.76. The summed E-state index contributed by atoms with van der Waals surface area (Å²) < 4.78 is 18.7. The SMILES string of the molecule is O=C(CCCc1nc(-c2cccnc2)no1)N1CCCN(Cc2cccc(F)c2)CC1. The molecule has 0 saturated carbocycles. The lowest BCUT2D eigenvalue weighted by Gasteiger charge is -2.22. The summed E-state index contributed by atoms with van der Waals surface area (Å²) in [5.41, 5.74) is 1.77. The van der Waals surface area contributed by atoms with Gasteiger partial charge in [0.15, 0.2) is 0 Å². The first-order valence-corrected chi connectivity index (χ1v) is 10.6. The topological polar surface area (TPSA) is 75.4 Å². The van der Waals surface area contributed by atoms with Crippen LogP contribution >= 0.6 is 0 Å². The van der Waals surface area contributed by atoms with Gasteiger partial charge < -0.3 is 9.42 Å². The van der Waals surface area contributed by atoms with Crippen LogP contribution in [-0.2, 0) is 17.8 Å². The maximum absolute atomic E-state index is 13.4. The Hall–Kier alpha value is -3.13. The minimum atomic E-state index is -0.210. The van der Waals surface area contributed by atoms with E-state index in [1.807, 2.05) is 23.1 Å². The van der Waals surface area contributed by atoms with Crippen molar-refractivity contribution in [2.24, 2.45) is 0 Å². The zero-order valence-corrected chi connectivity index (χ0v) is 17.4. The molecule has 4 rings (SSSR count). The van der Waals surface area contributed by atoms with Gasteiger partial charge >= 0.3 is 0 Å².